The zero-order chi connectivity index (χ0) is 11.5. The summed E-state index contributed by atoms with van der Waals surface area (Å²) >= 11 is 1.61. The summed E-state index contributed by atoms with van der Waals surface area (Å²) in [5.41, 5.74) is 10.2. The highest BCUT2D eigenvalue weighted by atomic mass is 32.1. The molecule has 0 saturated heterocycles. The van der Waals surface area contributed by atoms with Crippen molar-refractivity contribution >= 4 is 11.3 Å². The third-order valence-corrected chi connectivity index (χ3v) is 3.58. The maximum absolute atomic E-state index is 6.25. The van der Waals surface area contributed by atoms with Gasteiger partial charge in [0.15, 0.2) is 0 Å². The lowest BCUT2D eigenvalue weighted by Gasteiger charge is -2.12. The Morgan fingerprint density at radius 2 is 2.38 bits per heavy atom. The number of rotatable bonds is 4. The van der Waals surface area contributed by atoms with Crippen LogP contribution in [0.25, 0.3) is 0 Å². The van der Waals surface area contributed by atoms with E-state index in [1.807, 2.05) is 23.2 Å². The second-order valence-corrected chi connectivity index (χ2v) is 4.65. The number of aryl methyl sites for hydroxylation is 2. The highest BCUT2D eigenvalue weighted by molar-refractivity contribution is 7.09. The molecule has 0 radical (unpaired) electrons. The van der Waals surface area contributed by atoms with E-state index < -0.39 is 0 Å². The van der Waals surface area contributed by atoms with Gasteiger partial charge in [0.2, 0.25) is 0 Å². The fourth-order valence-corrected chi connectivity index (χ4v) is 2.56. The third kappa shape index (κ3) is 2.01. The summed E-state index contributed by atoms with van der Waals surface area (Å²) in [6.45, 7) is 5.04. The highest BCUT2D eigenvalue weighted by Crippen LogP contribution is 2.25. The molecule has 2 aromatic heterocycles. The SMILES string of the molecule is CCCn1nccc1C(N)c1scnc1C. The van der Waals surface area contributed by atoms with Crippen LogP contribution in [0.2, 0.25) is 0 Å². The molecule has 0 aliphatic heterocycles. The summed E-state index contributed by atoms with van der Waals surface area (Å²) < 4.78 is 1.98. The molecule has 2 rings (SSSR count). The predicted octanol–water partition coefficient (Wildman–Crippen LogP) is 2.11. The summed E-state index contributed by atoms with van der Waals surface area (Å²) in [6.07, 6.45) is 2.87. The first-order valence-corrected chi connectivity index (χ1v) is 6.29. The smallest absolute Gasteiger partial charge is 0.0835 e. The zero-order valence-corrected chi connectivity index (χ0v) is 10.4. The molecule has 5 heteroatoms. The first-order valence-electron chi connectivity index (χ1n) is 5.41. The molecule has 0 aliphatic rings. The molecule has 0 saturated carbocycles. The average molecular weight is 236 g/mol. The van der Waals surface area contributed by atoms with Gasteiger partial charge in [-0.1, -0.05) is 6.92 Å². The molecule has 0 spiro atoms. The van der Waals surface area contributed by atoms with E-state index in [9.17, 15) is 0 Å². The number of thiazole rings is 1. The van der Waals surface area contributed by atoms with Crippen molar-refractivity contribution < 1.29 is 0 Å². The van der Waals surface area contributed by atoms with Gasteiger partial charge in [-0.2, -0.15) is 5.10 Å². The molecule has 0 aliphatic carbocycles. The van der Waals surface area contributed by atoms with E-state index >= 15 is 0 Å². The minimum atomic E-state index is -0.110. The largest absolute Gasteiger partial charge is 0.318 e. The third-order valence-electron chi connectivity index (χ3n) is 2.57. The molecule has 4 nitrogen and oxygen atoms in total. The minimum Gasteiger partial charge on any atom is -0.318 e. The van der Waals surface area contributed by atoms with Gasteiger partial charge in [0, 0.05) is 12.7 Å². The first-order chi connectivity index (χ1) is 7.74. The van der Waals surface area contributed by atoms with Crippen molar-refractivity contribution in [1.82, 2.24) is 14.8 Å². The van der Waals surface area contributed by atoms with Crippen molar-refractivity contribution in [3.63, 3.8) is 0 Å². The van der Waals surface area contributed by atoms with Crippen LogP contribution in [-0.4, -0.2) is 14.8 Å². The first kappa shape index (κ1) is 11.3. The van der Waals surface area contributed by atoms with E-state index in [4.69, 9.17) is 5.73 Å². The van der Waals surface area contributed by atoms with Crippen LogP contribution in [0.15, 0.2) is 17.8 Å². The quantitative estimate of drug-likeness (QED) is 0.884. The van der Waals surface area contributed by atoms with Crippen LogP contribution < -0.4 is 5.73 Å². The lowest BCUT2D eigenvalue weighted by molar-refractivity contribution is 0.561. The van der Waals surface area contributed by atoms with Crippen molar-refractivity contribution in [2.75, 3.05) is 0 Å². The van der Waals surface area contributed by atoms with Gasteiger partial charge in [0.1, 0.15) is 0 Å². The van der Waals surface area contributed by atoms with Crippen LogP contribution in [0.3, 0.4) is 0 Å². The van der Waals surface area contributed by atoms with Gasteiger partial charge in [-0.05, 0) is 19.4 Å². The van der Waals surface area contributed by atoms with E-state index in [1.54, 1.807) is 17.5 Å². The Morgan fingerprint density at radius 3 is 3.00 bits per heavy atom. The molecule has 2 N–H and O–H groups in total. The standard InChI is InChI=1S/C11H16N4S/c1-3-6-15-9(4-5-14-15)10(12)11-8(2)13-7-16-11/h4-5,7,10H,3,6,12H2,1-2H3. The monoisotopic (exact) mass is 236 g/mol. The summed E-state index contributed by atoms with van der Waals surface area (Å²) in [4.78, 5) is 5.36. The fourth-order valence-electron chi connectivity index (χ4n) is 1.75. The van der Waals surface area contributed by atoms with E-state index in [1.165, 1.54) is 0 Å². The molecule has 0 aromatic carbocycles. The lowest BCUT2D eigenvalue weighted by Crippen LogP contribution is -2.17. The van der Waals surface area contributed by atoms with Crippen LogP contribution in [0.4, 0.5) is 0 Å². The van der Waals surface area contributed by atoms with Crippen molar-refractivity contribution in [1.29, 1.82) is 0 Å². The molecule has 2 aromatic rings. The van der Waals surface area contributed by atoms with Gasteiger partial charge in [-0.15, -0.1) is 11.3 Å². The molecule has 1 unspecified atom stereocenters. The number of hydrogen-bond acceptors (Lipinski definition) is 4. The zero-order valence-electron chi connectivity index (χ0n) is 9.55. The molecular weight excluding hydrogens is 220 g/mol. The molecule has 0 fully saturated rings. The topological polar surface area (TPSA) is 56.7 Å². The summed E-state index contributed by atoms with van der Waals surface area (Å²) in [6, 6.07) is 1.88. The Bertz CT molecular complexity index is 460. The number of nitrogens with two attached hydrogens (primary N) is 1. The van der Waals surface area contributed by atoms with Gasteiger partial charge in [-0.25, -0.2) is 4.98 Å². The van der Waals surface area contributed by atoms with E-state index in [2.05, 4.69) is 17.0 Å². The number of hydrogen-bond donors (Lipinski definition) is 1. The van der Waals surface area contributed by atoms with Crippen molar-refractivity contribution in [2.45, 2.75) is 32.9 Å². The summed E-state index contributed by atoms with van der Waals surface area (Å²) in [5, 5.41) is 4.29. The lowest BCUT2D eigenvalue weighted by atomic mass is 10.1. The molecule has 0 amide bonds. The van der Waals surface area contributed by atoms with Gasteiger partial charge in [0.25, 0.3) is 0 Å². The van der Waals surface area contributed by atoms with Crippen molar-refractivity contribution in [3.8, 4) is 0 Å². The van der Waals surface area contributed by atoms with Crippen LogP contribution in [0, 0.1) is 6.92 Å². The number of nitrogens with zero attached hydrogens (tertiary/aromatic N) is 3. The normalized spacial score (nSPS) is 12.9. The maximum atomic E-state index is 6.25. The highest BCUT2D eigenvalue weighted by Gasteiger charge is 2.17. The van der Waals surface area contributed by atoms with Gasteiger partial charge >= 0.3 is 0 Å². The molecule has 86 valence electrons. The Kier molecular flexibility index (Phi) is 3.36. The second kappa shape index (κ2) is 4.76. The van der Waals surface area contributed by atoms with Crippen LogP contribution in [0.1, 0.15) is 35.7 Å². The molecule has 16 heavy (non-hydrogen) atoms. The Morgan fingerprint density at radius 1 is 1.56 bits per heavy atom. The average Bonchev–Trinajstić information content (AvgIpc) is 2.87. The van der Waals surface area contributed by atoms with Crippen LogP contribution in [-0.2, 0) is 6.54 Å². The van der Waals surface area contributed by atoms with Gasteiger partial charge < -0.3 is 5.73 Å². The fraction of sp³-hybridized carbons (Fsp3) is 0.455. The van der Waals surface area contributed by atoms with E-state index in [-0.39, 0.29) is 6.04 Å². The maximum Gasteiger partial charge on any atom is 0.0835 e. The van der Waals surface area contributed by atoms with Crippen molar-refractivity contribution in [3.05, 3.63) is 34.0 Å². The van der Waals surface area contributed by atoms with Crippen molar-refractivity contribution in [2.24, 2.45) is 5.73 Å². The van der Waals surface area contributed by atoms with Gasteiger partial charge in [0.05, 0.1) is 27.8 Å². The molecule has 2 heterocycles. The van der Waals surface area contributed by atoms with Crippen LogP contribution in [0.5, 0.6) is 0 Å². The Hall–Kier alpha value is -1.20. The minimum absolute atomic E-state index is 0.110. The summed E-state index contributed by atoms with van der Waals surface area (Å²) in [5.74, 6) is 0. The Balaban J connectivity index is 2.30. The number of aromatic nitrogens is 3. The van der Waals surface area contributed by atoms with E-state index in [0.29, 0.717) is 0 Å². The second-order valence-electron chi connectivity index (χ2n) is 3.76. The van der Waals surface area contributed by atoms with E-state index in [0.717, 1.165) is 29.2 Å². The molecular formula is C11H16N4S. The van der Waals surface area contributed by atoms with Gasteiger partial charge in [-0.3, -0.25) is 4.68 Å². The molecule has 1 atom stereocenters. The Labute approximate surface area is 99.1 Å². The molecule has 0 bridgehead atoms. The summed E-state index contributed by atoms with van der Waals surface area (Å²) in [7, 11) is 0. The van der Waals surface area contributed by atoms with Crippen LogP contribution >= 0.6 is 11.3 Å². The predicted molar refractivity (Wildman–Crippen MR) is 65.4 cm³/mol.